The average Bonchev–Trinajstić information content (AvgIpc) is 0.855. The molecule has 139 heavy (non-hydrogen) atoms. The number of ketones is 1. The maximum Gasteiger partial charge on any atom is 0.412 e. The van der Waals surface area contributed by atoms with Crippen molar-refractivity contribution in [2.45, 2.75) is 220 Å². The number of carbonyl (C=O) groups excluding carboxylic acids is 13. The summed E-state index contributed by atoms with van der Waals surface area (Å²) in [5.41, 5.74) is 16.2. The zero-order chi connectivity index (χ0) is 101. The van der Waals surface area contributed by atoms with Crippen molar-refractivity contribution in [1.29, 1.82) is 0 Å². The van der Waals surface area contributed by atoms with Crippen LogP contribution in [0.4, 0.5) is 28.8 Å². The lowest BCUT2D eigenvalue weighted by Gasteiger charge is -2.25. The van der Waals surface area contributed by atoms with Gasteiger partial charge in [0.1, 0.15) is 93.5 Å². The summed E-state index contributed by atoms with van der Waals surface area (Å²) >= 11 is 0. The fourth-order valence-corrected chi connectivity index (χ4v) is 13.0. The first kappa shape index (κ1) is 112. The number of carboxylic acids is 1. The molecule has 8 aromatic carbocycles. The van der Waals surface area contributed by atoms with E-state index in [1.54, 1.807) is 102 Å². The standard InChI is InChI=1S/C52H64N6O11.C28H35N3O8.C24H31N3O4/c1-52(2,3)69-51(65)57-42(28-18-30-54-45(33-46(60)66-34-38-21-10-5-11-22-38)58-50(64)68-36-40-25-14-7-15-26-40)44(59)32-41(31-37-19-8-4-9-20-37)48(62)56-43(47(53)61)27-16-17-29-55-49(63)67-35-39-23-12-6-13-24-39;1-28(2,3)39-27(36)30-22(25(33)34)15-10-16-29-23(17-24(32)37-18-20-11-6-4-7-12-20)31-26(35)38-19-21-13-8-5-9-14-21;1-18(16-19-10-4-2-5-11-19)23(29)27-21(22(25)28)14-8-9-15-26-24(30)31-17-20-12-6-3-7-13-20/h4-15,19-26,41-43H,16-18,27-36H2,1-3H3,(H2,53,61)(H,55,63)(H,56,62)(H,57,65)(H,54,58,64);4-9,11-14,22H,10,15-19H2,1-3H3,(H,30,36)(H,33,34)(H,29,31,35);2-7,10-13,18,21H,8-9,14-17H2,1H3,(H2,25,28)(H,26,30)(H,27,29)/t41-,42-,43+;22-;18-,21-/m110/s1. The van der Waals surface area contributed by atoms with Crippen LogP contribution in [0.1, 0.15) is 176 Å². The molecule has 0 aliphatic heterocycles. The number of amidine groups is 2. The van der Waals surface area contributed by atoms with Crippen molar-refractivity contribution >= 4 is 95.6 Å². The number of unbranched alkanes of at least 4 members (excludes halogenated alkanes) is 2. The van der Waals surface area contributed by atoms with Gasteiger partial charge in [-0.15, -0.1) is 0 Å². The quantitative estimate of drug-likeness (QED) is 0.00554. The lowest BCUT2D eigenvalue weighted by Crippen LogP contribution is -2.48. The summed E-state index contributed by atoms with van der Waals surface area (Å²) in [6, 6.07) is 69.5. The predicted molar refractivity (Wildman–Crippen MR) is 520 cm³/mol. The number of rotatable bonds is 50. The molecule has 13 N–H and O–H groups in total. The highest BCUT2D eigenvalue weighted by molar-refractivity contribution is 6.05. The Labute approximate surface area is 810 Å². The minimum absolute atomic E-state index is 0.00133. The van der Waals surface area contributed by atoms with E-state index in [9.17, 15) is 72.2 Å². The number of primary amides is 2. The Morgan fingerprint density at radius 2 is 0.619 bits per heavy atom. The number of hydrogen-bond donors (Lipinski definition) is 11. The lowest BCUT2D eigenvalue weighted by atomic mass is 9.90. The monoisotopic (exact) mass is 1910 g/mol. The number of ether oxygens (including phenoxy) is 8. The number of carboxylic acid groups (broad SMARTS) is 1. The highest BCUT2D eigenvalue weighted by Gasteiger charge is 2.33. The molecule has 0 unspecified atom stereocenters. The number of aliphatic carboxylic acids is 1. The first-order chi connectivity index (χ1) is 66.6. The van der Waals surface area contributed by atoms with Crippen LogP contribution < -0.4 is 54.0 Å². The average molecular weight is 1920 g/mol. The van der Waals surface area contributed by atoms with Crippen molar-refractivity contribution in [2.75, 3.05) is 26.2 Å². The fourth-order valence-electron chi connectivity index (χ4n) is 13.0. The van der Waals surface area contributed by atoms with Crippen LogP contribution >= 0.6 is 0 Å². The molecule has 0 spiro atoms. The zero-order valence-corrected chi connectivity index (χ0v) is 79.7. The van der Waals surface area contributed by atoms with Gasteiger partial charge in [-0.2, -0.15) is 0 Å². The third-order valence-corrected chi connectivity index (χ3v) is 20.1. The van der Waals surface area contributed by atoms with E-state index in [0.717, 1.165) is 44.5 Å². The zero-order valence-electron chi connectivity index (χ0n) is 79.7. The fraction of sp³-hybridized carbons (Fsp3) is 0.385. The van der Waals surface area contributed by atoms with Crippen LogP contribution in [0.3, 0.4) is 0 Å². The molecule has 8 aromatic rings. The predicted octanol–water partition coefficient (Wildman–Crippen LogP) is 14.1. The van der Waals surface area contributed by atoms with E-state index < -0.39 is 126 Å². The summed E-state index contributed by atoms with van der Waals surface area (Å²) in [5.74, 6) is -6.38. The number of nitrogens with two attached hydrogens (primary N) is 2. The van der Waals surface area contributed by atoms with Crippen LogP contribution in [-0.2, 0) is 129 Å². The summed E-state index contributed by atoms with van der Waals surface area (Å²) in [7, 11) is 0. The number of Topliss-reactive ketones (excluding diaryl/α,β-unsaturated/α-hetero) is 1. The van der Waals surface area contributed by atoms with Gasteiger partial charge in [-0.05, 0) is 163 Å². The molecular weight excluding hydrogens is 1790 g/mol. The molecule has 0 aliphatic rings. The van der Waals surface area contributed by atoms with Gasteiger partial charge in [-0.3, -0.25) is 54.2 Å². The van der Waals surface area contributed by atoms with Gasteiger partial charge in [0.05, 0.1) is 6.04 Å². The van der Waals surface area contributed by atoms with Gasteiger partial charge in [0.25, 0.3) is 0 Å². The van der Waals surface area contributed by atoms with Crippen LogP contribution in [0, 0.1) is 11.8 Å². The highest BCUT2D eigenvalue weighted by atomic mass is 16.6. The first-order valence-electron chi connectivity index (χ1n) is 45.9. The molecule has 0 aliphatic carbocycles. The number of alkyl carbamates (subject to hydrolysis) is 6. The van der Waals surface area contributed by atoms with Crippen LogP contribution in [0.15, 0.2) is 253 Å². The van der Waals surface area contributed by atoms with Crippen molar-refractivity contribution in [3.05, 3.63) is 287 Å². The van der Waals surface area contributed by atoms with Gasteiger partial charge >= 0.3 is 54.5 Å². The van der Waals surface area contributed by atoms with Gasteiger partial charge in [0.15, 0.2) is 5.78 Å². The maximum atomic E-state index is 14.2. The Kier molecular flexibility index (Phi) is 51.0. The number of hydrogen-bond acceptors (Lipinski definition) is 24. The van der Waals surface area contributed by atoms with E-state index in [2.05, 4.69) is 52.5 Å². The number of nitrogens with zero attached hydrogens (tertiary/aromatic N) is 2. The first-order valence-corrected chi connectivity index (χ1v) is 45.9. The molecule has 0 heterocycles. The van der Waals surface area contributed by atoms with Crippen molar-refractivity contribution in [3.63, 3.8) is 0 Å². The molecule has 10 amide bonds. The van der Waals surface area contributed by atoms with E-state index in [-0.39, 0.29) is 134 Å². The van der Waals surface area contributed by atoms with Gasteiger partial charge in [-0.25, -0.2) is 33.6 Å². The molecule has 8 rings (SSSR count). The van der Waals surface area contributed by atoms with Gasteiger partial charge in [0, 0.05) is 44.4 Å². The van der Waals surface area contributed by atoms with Crippen LogP contribution in [0.5, 0.6) is 0 Å². The number of nitrogens with one attached hydrogen (secondary N) is 8. The number of amides is 10. The van der Waals surface area contributed by atoms with Crippen LogP contribution in [-0.4, -0.2) is 162 Å². The Bertz CT molecular complexity index is 5060. The second-order valence-corrected chi connectivity index (χ2v) is 34.2. The summed E-state index contributed by atoms with van der Waals surface area (Å²) in [6.45, 7) is 13.0. The Hall–Kier alpha value is -15.3. The molecule has 6 atom stereocenters. The second kappa shape index (κ2) is 63.1. The topological polar surface area (TPSA) is 506 Å². The number of aliphatic imine (C=N–C) groups is 2. The molecule has 744 valence electrons. The maximum absolute atomic E-state index is 14.2. The smallest absolute Gasteiger partial charge is 0.412 e. The molecule has 0 bridgehead atoms. The summed E-state index contributed by atoms with van der Waals surface area (Å²) in [5, 5.41) is 30.2. The normalized spacial score (nSPS) is 12.4. The van der Waals surface area contributed by atoms with Crippen LogP contribution in [0.25, 0.3) is 0 Å². The third kappa shape index (κ3) is 51.3. The van der Waals surface area contributed by atoms with Crippen molar-refractivity contribution in [1.82, 2.24) is 42.5 Å². The van der Waals surface area contributed by atoms with E-state index in [1.165, 1.54) is 0 Å². The molecule has 0 saturated heterocycles. The summed E-state index contributed by atoms with van der Waals surface area (Å²) in [4.78, 5) is 185. The molecular formula is C104H130N12O23. The number of carbonyl (C=O) groups is 14. The number of esters is 2. The van der Waals surface area contributed by atoms with E-state index in [0.29, 0.717) is 45.1 Å². The Morgan fingerprint density at radius 1 is 0.331 bits per heavy atom. The van der Waals surface area contributed by atoms with Crippen molar-refractivity contribution < 1.29 is 110 Å². The Morgan fingerprint density at radius 3 is 0.942 bits per heavy atom. The molecule has 0 fully saturated rings. The minimum atomic E-state index is -1.22. The highest BCUT2D eigenvalue weighted by Crippen LogP contribution is 2.21. The van der Waals surface area contributed by atoms with Crippen molar-refractivity contribution in [2.24, 2.45) is 33.3 Å². The summed E-state index contributed by atoms with van der Waals surface area (Å²) < 4.78 is 42.2. The molecule has 0 saturated carbocycles. The molecule has 35 heteroatoms. The third-order valence-electron chi connectivity index (χ3n) is 20.1. The Balaban J connectivity index is 0.000000355. The van der Waals surface area contributed by atoms with E-state index >= 15 is 0 Å². The van der Waals surface area contributed by atoms with Gasteiger partial charge < -0.3 is 86.4 Å². The minimum Gasteiger partial charge on any atom is -0.480 e. The SMILES string of the molecule is CC(C)(C)OC(=O)N[C@H](CCCN=C(CC(=O)OCc1ccccc1)NC(=O)OCc1ccccc1)C(=O)C[C@@H](Cc1ccccc1)C(=O)N[C@@H](CCCCNC(=O)OCc1ccccc1)C(N)=O.CC(C)(C)OC(=O)N[C@H](CCCN=C(CC(=O)OCc1ccccc1)NC(=O)OCc1ccccc1)C(=O)O.C[C@@H](Cc1ccccc1)C(=O)N[C@@H](CCCCNC(=O)OCc1ccccc1)C(N)=O. The summed E-state index contributed by atoms with van der Waals surface area (Å²) in [6.07, 6.45) is -1.56. The number of benzene rings is 8. The van der Waals surface area contributed by atoms with E-state index in [4.69, 9.17) is 49.4 Å². The second-order valence-electron chi connectivity index (χ2n) is 34.2. The van der Waals surface area contributed by atoms with Crippen molar-refractivity contribution in [3.8, 4) is 0 Å². The van der Waals surface area contributed by atoms with Gasteiger partial charge in [-0.1, -0.05) is 250 Å². The van der Waals surface area contributed by atoms with Crippen LogP contribution in [0.2, 0.25) is 0 Å². The largest absolute Gasteiger partial charge is 0.480 e. The molecule has 0 radical (unpaired) electrons. The van der Waals surface area contributed by atoms with Gasteiger partial charge in [0.2, 0.25) is 23.6 Å². The molecule has 35 nitrogen and oxygen atoms in total. The lowest BCUT2D eigenvalue weighted by molar-refractivity contribution is -0.144. The molecule has 0 aromatic heterocycles. The van der Waals surface area contributed by atoms with E-state index in [1.807, 2.05) is 189 Å².